The lowest BCUT2D eigenvalue weighted by atomic mass is 10.2. The molecular formula is C15H13ClIN3O. The molecule has 6 heteroatoms. The quantitative estimate of drug-likeness (QED) is 0.480. The van der Waals surface area contributed by atoms with Gasteiger partial charge in [0, 0.05) is 5.69 Å². The van der Waals surface area contributed by atoms with Crippen molar-refractivity contribution in [2.75, 3.05) is 7.11 Å². The highest BCUT2D eigenvalue weighted by Gasteiger charge is 2.13. The Morgan fingerprint density at radius 3 is 2.67 bits per heavy atom. The van der Waals surface area contributed by atoms with Crippen LogP contribution in [0.1, 0.15) is 11.3 Å². The molecule has 3 rings (SSSR count). The van der Waals surface area contributed by atoms with E-state index >= 15 is 0 Å². The summed E-state index contributed by atoms with van der Waals surface area (Å²) in [6.45, 7) is 2.62. The second kappa shape index (κ2) is 5.81. The van der Waals surface area contributed by atoms with E-state index in [1.165, 1.54) is 0 Å². The summed E-state index contributed by atoms with van der Waals surface area (Å²) in [5, 5.41) is 6.00. The van der Waals surface area contributed by atoms with E-state index in [1.54, 1.807) is 7.11 Å². The molecule has 0 radical (unpaired) electrons. The second-order valence-corrected chi connectivity index (χ2v) is 6.12. The van der Waals surface area contributed by atoms with Crippen LogP contribution < -0.4 is 4.74 Å². The van der Waals surface area contributed by atoms with Crippen LogP contribution in [0.3, 0.4) is 0 Å². The van der Waals surface area contributed by atoms with Gasteiger partial charge in [-0.25, -0.2) is 4.98 Å². The van der Waals surface area contributed by atoms with Gasteiger partial charge in [0.25, 0.3) is 0 Å². The van der Waals surface area contributed by atoms with Gasteiger partial charge in [-0.05, 0) is 53.3 Å². The molecule has 0 N–H and O–H groups in total. The third kappa shape index (κ3) is 2.85. The Hall–Kier alpha value is -1.34. The molecule has 0 aliphatic heterocycles. The SMILES string of the molecule is COc1ccc(Cn2nc(I)c3c(Cl)nc(C)cc32)cc1. The molecule has 0 amide bonds. The van der Waals surface area contributed by atoms with Crippen LogP contribution in [0.5, 0.6) is 5.75 Å². The Morgan fingerprint density at radius 2 is 2.00 bits per heavy atom. The fraction of sp³-hybridized carbons (Fsp3) is 0.200. The van der Waals surface area contributed by atoms with Gasteiger partial charge in [0.05, 0.1) is 24.6 Å². The Balaban J connectivity index is 2.04. The van der Waals surface area contributed by atoms with Gasteiger partial charge >= 0.3 is 0 Å². The number of fused-ring (bicyclic) bond motifs is 1. The molecule has 0 saturated carbocycles. The molecule has 0 fully saturated rings. The molecule has 21 heavy (non-hydrogen) atoms. The molecule has 3 aromatic rings. The number of halogens is 2. The maximum absolute atomic E-state index is 6.24. The Morgan fingerprint density at radius 1 is 1.29 bits per heavy atom. The molecule has 0 bridgehead atoms. The van der Waals surface area contributed by atoms with Crippen molar-refractivity contribution in [2.24, 2.45) is 0 Å². The fourth-order valence-electron chi connectivity index (χ4n) is 2.25. The van der Waals surface area contributed by atoms with Crippen molar-refractivity contribution >= 4 is 45.1 Å². The van der Waals surface area contributed by atoms with E-state index in [2.05, 4.69) is 32.7 Å². The van der Waals surface area contributed by atoms with E-state index in [4.69, 9.17) is 16.3 Å². The summed E-state index contributed by atoms with van der Waals surface area (Å²) in [4.78, 5) is 4.30. The first-order chi connectivity index (χ1) is 10.1. The van der Waals surface area contributed by atoms with Crippen LogP contribution in [-0.2, 0) is 6.54 Å². The minimum Gasteiger partial charge on any atom is -0.497 e. The number of ether oxygens (including phenoxy) is 1. The van der Waals surface area contributed by atoms with Gasteiger partial charge in [0.1, 0.15) is 14.6 Å². The molecule has 0 aliphatic carbocycles. The third-order valence-corrected chi connectivity index (χ3v) is 4.30. The van der Waals surface area contributed by atoms with Gasteiger partial charge in [0.2, 0.25) is 0 Å². The Labute approximate surface area is 141 Å². The molecule has 0 atom stereocenters. The highest BCUT2D eigenvalue weighted by Crippen LogP contribution is 2.27. The number of pyridine rings is 1. The first kappa shape index (κ1) is 14.6. The number of nitrogens with zero attached hydrogens (tertiary/aromatic N) is 3. The molecule has 0 aliphatic rings. The third-order valence-electron chi connectivity index (χ3n) is 3.27. The largest absolute Gasteiger partial charge is 0.497 e. The van der Waals surface area contributed by atoms with E-state index in [0.29, 0.717) is 11.7 Å². The van der Waals surface area contributed by atoms with Crippen molar-refractivity contribution < 1.29 is 4.74 Å². The average Bonchev–Trinajstić information content (AvgIpc) is 2.76. The maximum Gasteiger partial charge on any atom is 0.141 e. The zero-order chi connectivity index (χ0) is 15.0. The number of hydrogen-bond acceptors (Lipinski definition) is 3. The van der Waals surface area contributed by atoms with Crippen molar-refractivity contribution in [1.29, 1.82) is 0 Å². The monoisotopic (exact) mass is 413 g/mol. The van der Waals surface area contributed by atoms with Gasteiger partial charge in [-0.15, -0.1) is 0 Å². The van der Waals surface area contributed by atoms with Crippen molar-refractivity contribution in [3.63, 3.8) is 0 Å². The van der Waals surface area contributed by atoms with Crippen molar-refractivity contribution in [3.05, 3.63) is 50.4 Å². The predicted octanol–water partition coefficient (Wildman–Crippen LogP) is 4.05. The first-order valence-corrected chi connectivity index (χ1v) is 7.86. The van der Waals surface area contributed by atoms with Gasteiger partial charge in [0.15, 0.2) is 0 Å². The van der Waals surface area contributed by atoms with Crippen LogP contribution in [0, 0.1) is 10.6 Å². The molecule has 4 nitrogen and oxygen atoms in total. The Kier molecular flexibility index (Phi) is 4.03. The van der Waals surface area contributed by atoms with Crippen molar-refractivity contribution in [1.82, 2.24) is 14.8 Å². The normalized spacial score (nSPS) is 11.0. The molecule has 0 unspecified atom stereocenters. The van der Waals surface area contributed by atoms with E-state index in [1.807, 2.05) is 41.9 Å². The van der Waals surface area contributed by atoms with Crippen LogP contribution in [0.15, 0.2) is 30.3 Å². The highest BCUT2D eigenvalue weighted by atomic mass is 127. The number of aromatic nitrogens is 3. The highest BCUT2D eigenvalue weighted by molar-refractivity contribution is 14.1. The molecule has 0 saturated heterocycles. The van der Waals surface area contributed by atoms with Gasteiger partial charge in [-0.3, -0.25) is 4.68 Å². The molecule has 108 valence electrons. The summed E-state index contributed by atoms with van der Waals surface area (Å²) < 4.78 is 8.00. The molecular weight excluding hydrogens is 401 g/mol. The molecule has 2 heterocycles. The number of benzene rings is 1. The van der Waals surface area contributed by atoms with E-state index < -0.39 is 0 Å². The van der Waals surface area contributed by atoms with E-state index in [0.717, 1.165) is 31.6 Å². The summed E-state index contributed by atoms with van der Waals surface area (Å²) in [6, 6.07) is 9.99. The topological polar surface area (TPSA) is 39.9 Å². The number of rotatable bonds is 3. The lowest BCUT2D eigenvalue weighted by molar-refractivity contribution is 0.414. The molecule has 1 aromatic carbocycles. The standard InChI is InChI=1S/C15H13ClIN3O/c1-9-7-12-13(14(16)18-9)15(17)19-20(12)8-10-3-5-11(21-2)6-4-10/h3-7H,8H2,1-2H3. The summed E-state index contributed by atoms with van der Waals surface area (Å²) in [6.07, 6.45) is 0. The summed E-state index contributed by atoms with van der Waals surface area (Å²) in [5.74, 6) is 0.849. The van der Waals surface area contributed by atoms with Crippen LogP contribution in [0.4, 0.5) is 0 Å². The first-order valence-electron chi connectivity index (χ1n) is 6.40. The zero-order valence-corrected chi connectivity index (χ0v) is 14.5. The van der Waals surface area contributed by atoms with E-state index in [-0.39, 0.29) is 0 Å². The van der Waals surface area contributed by atoms with Crippen molar-refractivity contribution in [3.8, 4) is 5.75 Å². The second-order valence-electron chi connectivity index (χ2n) is 4.75. The minimum atomic E-state index is 0.510. The number of hydrogen-bond donors (Lipinski definition) is 0. The lowest BCUT2D eigenvalue weighted by Crippen LogP contribution is -2.02. The summed E-state index contributed by atoms with van der Waals surface area (Å²) in [7, 11) is 1.66. The maximum atomic E-state index is 6.24. The number of aryl methyl sites for hydroxylation is 1. The minimum absolute atomic E-state index is 0.510. The van der Waals surface area contributed by atoms with Crippen LogP contribution in [0.25, 0.3) is 10.9 Å². The smallest absolute Gasteiger partial charge is 0.141 e. The van der Waals surface area contributed by atoms with Crippen molar-refractivity contribution in [2.45, 2.75) is 13.5 Å². The number of methoxy groups -OCH3 is 1. The van der Waals surface area contributed by atoms with E-state index in [9.17, 15) is 0 Å². The van der Waals surface area contributed by atoms with Gasteiger partial charge < -0.3 is 4.74 Å². The average molecular weight is 414 g/mol. The molecule has 0 spiro atoms. The molecule has 2 aromatic heterocycles. The van der Waals surface area contributed by atoms with Crippen LogP contribution in [-0.4, -0.2) is 21.9 Å². The zero-order valence-electron chi connectivity index (χ0n) is 11.6. The van der Waals surface area contributed by atoms with Gasteiger partial charge in [-0.1, -0.05) is 23.7 Å². The van der Waals surface area contributed by atoms with Crippen LogP contribution in [0.2, 0.25) is 5.15 Å². The van der Waals surface area contributed by atoms with Gasteiger partial charge in [-0.2, -0.15) is 5.10 Å². The fourth-order valence-corrected chi connectivity index (χ4v) is 3.52. The predicted molar refractivity (Wildman–Crippen MR) is 92.1 cm³/mol. The van der Waals surface area contributed by atoms with Crippen LogP contribution >= 0.6 is 34.2 Å². The summed E-state index contributed by atoms with van der Waals surface area (Å²) >= 11 is 8.43. The summed E-state index contributed by atoms with van der Waals surface area (Å²) in [5.41, 5.74) is 3.05. The lowest BCUT2D eigenvalue weighted by Gasteiger charge is -2.06. The Bertz CT molecular complexity index is 799.